The van der Waals surface area contributed by atoms with Crippen molar-refractivity contribution in [2.24, 2.45) is 0 Å². The summed E-state index contributed by atoms with van der Waals surface area (Å²) in [4.78, 5) is 11.5. The lowest BCUT2D eigenvalue weighted by Crippen LogP contribution is -2.11. The van der Waals surface area contributed by atoms with Crippen LogP contribution in [0.15, 0.2) is 39.6 Å². The fourth-order valence-corrected chi connectivity index (χ4v) is 1.61. The number of benzene rings is 1. The van der Waals surface area contributed by atoms with Gasteiger partial charge in [0.05, 0.1) is 11.3 Å². The fourth-order valence-electron chi connectivity index (χ4n) is 1.35. The summed E-state index contributed by atoms with van der Waals surface area (Å²) in [5, 5.41) is 6.30. The maximum atomic E-state index is 11.5. The Morgan fingerprint density at radius 1 is 1.27 bits per heavy atom. The first kappa shape index (κ1) is 10.1. The van der Waals surface area contributed by atoms with Gasteiger partial charge in [0.1, 0.15) is 0 Å². The molecule has 76 valence electrons. The van der Waals surface area contributed by atoms with Gasteiger partial charge >= 0.3 is 0 Å². The van der Waals surface area contributed by atoms with Crippen molar-refractivity contribution in [2.75, 3.05) is 0 Å². The zero-order valence-corrected chi connectivity index (χ0v) is 9.71. The van der Waals surface area contributed by atoms with Gasteiger partial charge in [0.15, 0.2) is 0 Å². The Bertz CT molecular complexity index is 531. The number of H-pyrrole nitrogens is 1. The molecule has 0 aliphatic carbocycles. The number of aryl methyl sites for hydroxylation is 1. The molecule has 0 unspecified atom stereocenters. The van der Waals surface area contributed by atoms with Gasteiger partial charge in [0.2, 0.25) is 0 Å². The molecule has 0 saturated heterocycles. The highest BCUT2D eigenvalue weighted by Gasteiger charge is 2.03. The van der Waals surface area contributed by atoms with E-state index in [-0.39, 0.29) is 5.56 Å². The molecule has 0 saturated carbocycles. The molecule has 0 aliphatic heterocycles. The highest BCUT2D eigenvalue weighted by molar-refractivity contribution is 9.10. The second-order valence-corrected chi connectivity index (χ2v) is 4.17. The van der Waals surface area contributed by atoms with Crippen LogP contribution >= 0.6 is 15.9 Å². The molecule has 0 bridgehead atoms. The molecule has 0 aliphatic rings. The van der Waals surface area contributed by atoms with E-state index >= 15 is 0 Å². The molecule has 4 heteroatoms. The van der Waals surface area contributed by atoms with E-state index < -0.39 is 0 Å². The first-order valence-corrected chi connectivity index (χ1v) is 5.28. The summed E-state index contributed by atoms with van der Waals surface area (Å²) in [5.74, 6) is 0. The van der Waals surface area contributed by atoms with Crippen molar-refractivity contribution < 1.29 is 0 Å². The number of rotatable bonds is 1. The summed E-state index contributed by atoms with van der Waals surface area (Å²) in [5.41, 5.74) is 2.18. The van der Waals surface area contributed by atoms with E-state index in [1.807, 2.05) is 31.2 Å². The van der Waals surface area contributed by atoms with E-state index in [1.165, 1.54) is 0 Å². The SMILES string of the molecule is Cc1cc(-c2ccc(Br)cc2)c(=O)[nH]n1. The van der Waals surface area contributed by atoms with Crippen LogP contribution < -0.4 is 5.56 Å². The molecule has 1 heterocycles. The smallest absolute Gasteiger partial charge is 0.267 e. The molecule has 0 fully saturated rings. The van der Waals surface area contributed by atoms with Gasteiger partial charge in [-0.1, -0.05) is 28.1 Å². The van der Waals surface area contributed by atoms with E-state index in [0.717, 1.165) is 15.7 Å². The zero-order chi connectivity index (χ0) is 10.8. The first-order chi connectivity index (χ1) is 7.16. The number of aromatic nitrogens is 2. The average Bonchev–Trinajstić information content (AvgIpc) is 2.23. The van der Waals surface area contributed by atoms with Crippen LogP contribution in [-0.2, 0) is 0 Å². The number of halogens is 1. The average molecular weight is 265 g/mol. The number of hydrogen-bond acceptors (Lipinski definition) is 2. The van der Waals surface area contributed by atoms with Crippen LogP contribution in [0.1, 0.15) is 5.69 Å². The van der Waals surface area contributed by atoms with Gasteiger partial charge < -0.3 is 0 Å². The standard InChI is InChI=1S/C11H9BrN2O/c1-7-6-10(11(15)14-13-7)8-2-4-9(12)5-3-8/h2-6H,1H3,(H,14,15). The van der Waals surface area contributed by atoms with Crippen molar-refractivity contribution in [3.05, 3.63) is 50.9 Å². The van der Waals surface area contributed by atoms with Crippen molar-refractivity contribution in [1.82, 2.24) is 10.2 Å². The number of hydrogen-bond donors (Lipinski definition) is 1. The molecular formula is C11H9BrN2O. The molecular weight excluding hydrogens is 256 g/mol. The van der Waals surface area contributed by atoms with E-state index in [1.54, 1.807) is 6.07 Å². The molecule has 1 aromatic heterocycles. The lowest BCUT2D eigenvalue weighted by Gasteiger charge is -2.01. The van der Waals surface area contributed by atoms with Crippen LogP contribution in [0, 0.1) is 6.92 Å². The third-order valence-corrected chi connectivity index (χ3v) is 2.62. The molecule has 15 heavy (non-hydrogen) atoms. The Balaban J connectivity index is 2.58. The van der Waals surface area contributed by atoms with Crippen molar-refractivity contribution in [3.63, 3.8) is 0 Å². The summed E-state index contributed by atoms with van der Waals surface area (Å²) in [6, 6.07) is 9.39. The number of aromatic amines is 1. The van der Waals surface area contributed by atoms with Crippen LogP contribution in [0.25, 0.3) is 11.1 Å². The first-order valence-electron chi connectivity index (χ1n) is 4.49. The van der Waals surface area contributed by atoms with Gasteiger partial charge in [-0.25, -0.2) is 5.10 Å². The molecule has 0 atom stereocenters. The summed E-state index contributed by atoms with van der Waals surface area (Å²) < 4.78 is 0.994. The largest absolute Gasteiger partial charge is 0.272 e. The Kier molecular flexibility index (Phi) is 2.68. The van der Waals surface area contributed by atoms with E-state index in [2.05, 4.69) is 26.1 Å². The predicted octanol–water partition coefficient (Wildman–Crippen LogP) is 2.51. The van der Waals surface area contributed by atoms with Crippen molar-refractivity contribution in [2.45, 2.75) is 6.92 Å². The van der Waals surface area contributed by atoms with Gasteiger partial charge in [0, 0.05) is 4.47 Å². The summed E-state index contributed by atoms with van der Waals surface area (Å²) >= 11 is 3.35. The molecule has 2 aromatic rings. The normalized spacial score (nSPS) is 10.3. The Hall–Kier alpha value is -1.42. The number of nitrogens with zero attached hydrogens (tertiary/aromatic N) is 1. The minimum atomic E-state index is -0.164. The maximum Gasteiger partial charge on any atom is 0.272 e. The topological polar surface area (TPSA) is 45.8 Å². The lowest BCUT2D eigenvalue weighted by molar-refractivity contribution is 0.949. The molecule has 3 nitrogen and oxygen atoms in total. The zero-order valence-electron chi connectivity index (χ0n) is 8.12. The summed E-state index contributed by atoms with van der Waals surface area (Å²) in [6.07, 6.45) is 0. The molecule has 0 amide bonds. The van der Waals surface area contributed by atoms with Crippen LogP contribution in [0.5, 0.6) is 0 Å². The van der Waals surface area contributed by atoms with Gasteiger partial charge in [-0.3, -0.25) is 4.79 Å². The molecule has 0 radical (unpaired) electrons. The molecule has 0 spiro atoms. The van der Waals surface area contributed by atoms with Crippen LogP contribution in [-0.4, -0.2) is 10.2 Å². The number of nitrogens with one attached hydrogen (secondary N) is 1. The predicted molar refractivity (Wildman–Crippen MR) is 62.7 cm³/mol. The third kappa shape index (κ3) is 2.15. The van der Waals surface area contributed by atoms with E-state index in [4.69, 9.17) is 0 Å². The highest BCUT2D eigenvalue weighted by atomic mass is 79.9. The van der Waals surface area contributed by atoms with Crippen LogP contribution in [0.3, 0.4) is 0 Å². The fraction of sp³-hybridized carbons (Fsp3) is 0.0909. The summed E-state index contributed by atoms with van der Waals surface area (Å²) in [6.45, 7) is 1.85. The van der Waals surface area contributed by atoms with Gasteiger partial charge in [0.25, 0.3) is 5.56 Å². The van der Waals surface area contributed by atoms with E-state index in [9.17, 15) is 4.79 Å². The second kappa shape index (κ2) is 3.98. The summed E-state index contributed by atoms with van der Waals surface area (Å²) in [7, 11) is 0. The minimum Gasteiger partial charge on any atom is -0.267 e. The Morgan fingerprint density at radius 2 is 1.93 bits per heavy atom. The van der Waals surface area contributed by atoms with Crippen LogP contribution in [0.4, 0.5) is 0 Å². The van der Waals surface area contributed by atoms with E-state index in [0.29, 0.717) is 5.56 Å². The maximum absolute atomic E-state index is 11.5. The Morgan fingerprint density at radius 3 is 2.60 bits per heavy atom. The Labute approximate surface area is 95.3 Å². The van der Waals surface area contributed by atoms with Crippen molar-refractivity contribution >= 4 is 15.9 Å². The monoisotopic (exact) mass is 264 g/mol. The third-order valence-electron chi connectivity index (χ3n) is 2.09. The minimum absolute atomic E-state index is 0.164. The lowest BCUT2D eigenvalue weighted by atomic mass is 10.1. The van der Waals surface area contributed by atoms with Crippen molar-refractivity contribution in [1.29, 1.82) is 0 Å². The van der Waals surface area contributed by atoms with Gasteiger partial charge in [-0.2, -0.15) is 5.10 Å². The van der Waals surface area contributed by atoms with Crippen LogP contribution in [0.2, 0.25) is 0 Å². The van der Waals surface area contributed by atoms with Gasteiger partial charge in [-0.15, -0.1) is 0 Å². The molecule has 2 rings (SSSR count). The second-order valence-electron chi connectivity index (χ2n) is 3.26. The quantitative estimate of drug-likeness (QED) is 0.861. The molecule has 1 aromatic carbocycles. The van der Waals surface area contributed by atoms with Gasteiger partial charge in [-0.05, 0) is 30.7 Å². The van der Waals surface area contributed by atoms with Crippen molar-refractivity contribution in [3.8, 4) is 11.1 Å². The highest BCUT2D eigenvalue weighted by Crippen LogP contribution is 2.18. The molecule has 1 N–H and O–H groups in total.